The molecule has 4 heteroatoms. The Morgan fingerprint density at radius 1 is 0.389 bits per heavy atom. The lowest BCUT2D eigenvalue weighted by Crippen LogP contribution is -1.96. The lowest BCUT2D eigenvalue weighted by molar-refractivity contribution is 1.13. The Balaban J connectivity index is 1.10. The fourth-order valence-corrected chi connectivity index (χ4v) is 8.25. The maximum atomic E-state index is 5.33. The van der Waals surface area contributed by atoms with Crippen molar-refractivity contribution < 1.29 is 0 Å². The lowest BCUT2D eigenvalue weighted by atomic mass is 9.96. The van der Waals surface area contributed by atoms with Gasteiger partial charge in [-0.2, -0.15) is 0 Å². The highest BCUT2D eigenvalue weighted by Crippen LogP contribution is 2.40. The summed E-state index contributed by atoms with van der Waals surface area (Å²) in [5, 5.41) is 7.11. The first-order valence-electron chi connectivity index (χ1n) is 18.3. The topological polar surface area (TPSA) is 35.6 Å². The minimum Gasteiger partial charge on any atom is -0.317 e. The number of fused-ring (bicyclic) bond motifs is 7. The molecule has 0 saturated heterocycles. The van der Waals surface area contributed by atoms with Crippen molar-refractivity contribution in [2.24, 2.45) is 0 Å². The Labute approximate surface area is 311 Å². The van der Waals surface area contributed by atoms with E-state index in [1.165, 1.54) is 43.6 Å². The summed E-state index contributed by atoms with van der Waals surface area (Å²) in [5.74, 6) is 0.707. The molecule has 0 radical (unpaired) electrons. The van der Waals surface area contributed by atoms with Crippen molar-refractivity contribution in [2.75, 3.05) is 0 Å². The van der Waals surface area contributed by atoms with Crippen LogP contribution in [0.25, 0.3) is 99.5 Å². The van der Waals surface area contributed by atoms with Gasteiger partial charge in [-0.3, -0.25) is 0 Å². The predicted molar refractivity (Wildman–Crippen MR) is 225 cm³/mol. The normalized spacial score (nSPS) is 11.7. The largest absolute Gasteiger partial charge is 0.317 e. The zero-order chi connectivity index (χ0) is 35.6. The Hall–Kier alpha value is -7.30. The molecule has 8 aromatic carbocycles. The van der Waals surface area contributed by atoms with Crippen LogP contribution in [0.2, 0.25) is 0 Å². The molecule has 3 aromatic heterocycles. The monoisotopic (exact) mass is 688 g/mol. The molecule has 0 amide bonds. The molecule has 0 saturated carbocycles. The van der Waals surface area contributed by atoms with Gasteiger partial charge in [-0.15, -0.1) is 0 Å². The smallest absolute Gasteiger partial charge is 0.160 e. The summed E-state index contributed by atoms with van der Waals surface area (Å²) in [4.78, 5) is 10.5. The number of hydrogen-bond acceptors (Lipinski definition) is 2. The molecule has 0 aliphatic rings. The standard InChI is InChI=1S/C50H32N4/c1-3-14-37(15-4-1)53-31-30-42-45(53)28-29-47-48(42)43-32-36(26-27-46(43)54(47)38-16-5-2-6-17-38)50-51-44-21-10-9-19-41(44)49(52-50)35-24-22-34(23-25-35)40-20-11-13-33-12-7-8-18-39(33)40/h1-32H. The molecule has 4 nitrogen and oxygen atoms in total. The number of nitrogens with zero attached hydrogens (tertiary/aromatic N) is 4. The molecule has 0 atom stereocenters. The number of aromatic nitrogens is 4. The van der Waals surface area contributed by atoms with E-state index in [9.17, 15) is 0 Å². The van der Waals surface area contributed by atoms with Gasteiger partial charge in [0.2, 0.25) is 0 Å². The molecule has 0 spiro atoms. The van der Waals surface area contributed by atoms with Crippen LogP contribution in [0.5, 0.6) is 0 Å². The summed E-state index contributed by atoms with van der Waals surface area (Å²) >= 11 is 0. The van der Waals surface area contributed by atoms with Gasteiger partial charge in [0.05, 0.1) is 27.8 Å². The van der Waals surface area contributed by atoms with E-state index in [0.717, 1.165) is 50.1 Å². The molecule has 3 heterocycles. The van der Waals surface area contributed by atoms with E-state index in [4.69, 9.17) is 9.97 Å². The van der Waals surface area contributed by atoms with Crippen molar-refractivity contribution in [3.8, 4) is 45.1 Å². The molecule has 252 valence electrons. The molecule has 0 fully saturated rings. The lowest BCUT2D eigenvalue weighted by Gasteiger charge is -2.11. The van der Waals surface area contributed by atoms with Gasteiger partial charge in [-0.25, -0.2) is 9.97 Å². The zero-order valence-corrected chi connectivity index (χ0v) is 29.3. The average Bonchev–Trinajstić information content (AvgIpc) is 3.83. The van der Waals surface area contributed by atoms with Gasteiger partial charge in [0.1, 0.15) is 0 Å². The van der Waals surface area contributed by atoms with Crippen molar-refractivity contribution >= 4 is 54.4 Å². The summed E-state index contributed by atoms with van der Waals surface area (Å²) in [6.45, 7) is 0. The van der Waals surface area contributed by atoms with E-state index in [2.05, 4.69) is 203 Å². The third kappa shape index (κ3) is 4.78. The molecule has 11 aromatic rings. The van der Waals surface area contributed by atoms with E-state index in [1.807, 2.05) is 0 Å². The molecule has 0 aliphatic carbocycles. The number of hydrogen-bond donors (Lipinski definition) is 0. The van der Waals surface area contributed by atoms with Gasteiger partial charge in [-0.1, -0.05) is 121 Å². The van der Waals surface area contributed by atoms with Crippen LogP contribution in [-0.4, -0.2) is 19.1 Å². The minimum atomic E-state index is 0.707. The second-order valence-corrected chi connectivity index (χ2v) is 13.8. The Kier molecular flexibility index (Phi) is 6.82. The minimum absolute atomic E-state index is 0.707. The summed E-state index contributed by atoms with van der Waals surface area (Å²) in [6.07, 6.45) is 2.18. The fourth-order valence-electron chi connectivity index (χ4n) is 8.25. The molecular weight excluding hydrogens is 657 g/mol. The zero-order valence-electron chi connectivity index (χ0n) is 29.3. The molecule has 0 unspecified atom stereocenters. The first-order chi connectivity index (χ1) is 26.8. The highest BCUT2D eigenvalue weighted by atomic mass is 15.0. The van der Waals surface area contributed by atoms with Crippen LogP contribution in [-0.2, 0) is 0 Å². The van der Waals surface area contributed by atoms with Crippen molar-refractivity contribution in [2.45, 2.75) is 0 Å². The highest BCUT2D eigenvalue weighted by molar-refractivity contribution is 6.21. The predicted octanol–water partition coefficient (Wildman–Crippen LogP) is 12.8. The van der Waals surface area contributed by atoms with Gasteiger partial charge in [0.15, 0.2) is 5.82 Å². The van der Waals surface area contributed by atoms with Crippen LogP contribution in [0.1, 0.15) is 0 Å². The van der Waals surface area contributed by atoms with Crippen molar-refractivity contribution in [1.29, 1.82) is 0 Å². The van der Waals surface area contributed by atoms with E-state index >= 15 is 0 Å². The molecule has 0 aliphatic heterocycles. The van der Waals surface area contributed by atoms with E-state index < -0.39 is 0 Å². The van der Waals surface area contributed by atoms with Crippen LogP contribution in [0.3, 0.4) is 0 Å². The van der Waals surface area contributed by atoms with Gasteiger partial charge in [0.25, 0.3) is 0 Å². The maximum absolute atomic E-state index is 5.33. The molecule has 0 N–H and O–H groups in total. The Morgan fingerprint density at radius 2 is 1.04 bits per heavy atom. The van der Waals surface area contributed by atoms with E-state index in [-0.39, 0.29) is 0 Å². The van der Waals surface area contributed by atoms with Crippen molar-refractivity contribution in [1.82, 2.24) is 19.1 Å². The first-order valence-corrected chi connectivity index (χ1v) is 18.3. The second kappa shape index (κ2) is 12.1. The van der Waals surface area contributed by atoms with E-state index in [0.29, 0.717) is 5.82 Å². The maximum Gasteiger partial charge on any atom is 0.160 e. The molecule has 54 heavy (non-hydrogen) atoms. The average molecular weight is 689 g/mol. The van der Waals surface area contributed by atoms with Crippen molar-refractivity contribution in [3.05, 3.63) is 194 Å². The van der Waals surface area contributed by atoms with Gasteiger partial charge < -0.3 is 9.13 Å². The van der Waals surface area contributed by atoms with Crippen LogP contribution >= 0.6 is 0 Å². The van der Waals surface area contributed by atoms with Crippen LogP contribution in [0.15, 0.2) is 194 Å². The number of benzene rings is 8. The Morgan fingerprint density at radius 3 is 1.87 bits per heavy atom. The van der Waals surface area contributed by atoms with Gasteiger partial charge >= 0.3 is 0 Å². The Bertz CT molecular complexity index is 3190. The van der Waals surface area contributed by atoms with Gasteiger partial charge in [0, 0.05) is 50.2 Å². The van der Waals surface area contributed by atoms with Crippen LogP contribution in [0, 0.1) is 0 Å². The quantitative estimate of drug-likeness (QED) is 0.180. The van der Waals surface area contributed by atoms with E-state index in [1.54, 1.807) is 0 Å². The summed E-state index contributed by atoms with van der Waals surface area (Å²) in [7, 11) is 0. The molecule has 0 bridgehead atoms. The second-order valence-electron chi connectivity index (χ2n) is 13.8. The van der Waals surface area contributed by atoms with Gasteiger partial charge in [-0.05, 0) is 88.6 Å². The van der Waals surface area contributed by atoms with Crippen LogP contribution in [0.4, 0.5) is 0 Å². The van der Waals surface area contributed by atoms with Crippen molar-refractivity contribution in [3.63, 3.8) is 0 Å². The summed E-state index contributed by atoms with van der Waals surface area (Å²) < 4.78 is 4.65. The number of para-hydroxylation sites is 3. The highest BCUT2D eigenvalue weighted by Gasteiger charge is 2.19. The molecule has 11 rings (SSSR count). The SMILES string of the molecule is c1ccc(-n2ccc3c4c5cc(-c6nc(-c7ccc(-c8cccc9ccccc89)cc7)c7ccccc7n6)ccc5n(-c5ccccc5)c4ccc32)cc1. The third-order valence-corrected chi connectivity index (χ3v) is 10.8. The summed E-state index contributed by atoms with van der Waals surface area (Å²) in [6, 6.07) is 66.8. The summed E-state index contributed by atoms with van der Waals surface area (Å²) in [5.41, 5.74) is 12.0. The molecular formula is C50H32N4. The first kappa shape index (κ1) is 30.3. The fraction of sp³-hybridized carbons (Fsp3) is 0. The third-order valence-electron chi connectivity index (χ3n) is 10.8. The van der Waals surface area contributed by atoms with Crippen LogP contribution < -0.4 is 0 Å². The number of rotatable bonds is 5.